The van der Waals surface area contributed by atoms with Crippen LogP contribution in [-0.2, 0) is 4.74 Å². The highest BCUT2D eigenvalue weighted by molar-refractivity contribution is 9.10. The van der Waals surface area contributed by atoms with Crippen molar-refractivity contribution in [3.05, 3.63) is 28.2 Å². The van der Waals surface area contributed by atoms with Gasteiger partial charge in [-0.15, -0.1) is 0 Å². The molecule has 0 saturated heterocycles. The molecule has 0 spiro atoms. The lowest BCUT2D eigenvalue weighted by Crippen LogP contribution is -2.41. The predicted octanol–water partition coefficient (Wildman–Crippen LogP) is 1.46. The van der Waals surface area contributed by atoms with E-state index in [0.29, 0.717) is 11.3 Å². The van der Waals surface area contributed by atoms with Crippen molar-refractivity contribution < 1.29 is 19.1 Å². The van der Waals surface area contributed by atoms with Gasteiger partial charge >= 0.3 is 6.09 Å². The smallest absolute Gasteiger partial charge is 0.425 e. The first-order chi connectivity index (χ1) is 8.08. The Morgan fingerprint density at radius 2 is 1.94 bits per heavy atom. The minimum atomic E-state index is -0.757. The first-order valence-electron chi connectivity index (χ1n) is 4.56. The summed E-state index contributed by atoms with van der Waals surface area (Å²) in [4.78, 5) is 22.5. The Morgan fingerprint density at radius 3 is 2.53 bits per heavy atom. The topological polar surface area (TPSA) is 76.7 Å². The van der Waals surface area contributed by atoms with Crippen LogP contribution in [-0.4, -0.2) is 26.2 Å². The molecule has 1 aromatic carbocycles. The van der Waals surface area contributed by atoms with E-state index in [9.17, 15) is 9.59 Å². The van der Waals surface area contributed by atoms with Crippen LogP contribution in [0.2, 0.25) is 0 Å². The summed E-state index contributed by atoms with van der Waals surface area (Å²) in [6.45, 7) is 0. The Hall–Kier alpha value is -1.76. The summed E-state index contributed by atoms with van der Waals surface area (Å²) in [7, 11) is 2.65. The average Bonchev–Trinajstić information content (AvgIpc) is 2.35. The molecule has 6 nitrogen and oxygen atoms in total. The largest absolute Gasteiger partial charge is 0.496 e. The fourth-order valence-electron chi connectivity index (χ4n) is 1.08. The summed E-state index contributed by atoms with van der Waals surface area (Å²) in [6.07, 6.45) is -0.757. The van der Waals surface area contributed by atoms with Crippen LogP contribution in [0.4, 0.5) is 4.79 Å². The fourth-order valence-corrected chi connectivity index (χ4v) is 1.44. The van der Waals surface area contributed by atoms with Crippen LogP contribution in [0.5, 0.6) is 5.75 Å². The number of rotatable bonds is 2. The van der Waals surface area contributed by atoms with Crippen molar-refractivity contribution >= 4 is 27.9 Å². The highest BCUT2D eigenvalue weighted by atomic mass is 79.9. The second-order valence-electron chi connectivity index (χ2n) is 2.92. The molecule has 2 N–H and O–H groups in total. The van der Waals surface area contributed by atoms with Crippen molar-refractivity contribution in [3.63, 3.8) is 0 Å². The number of methoxy groups -OCH3 is 2. The lowest BCUT2D eigenvalue weighted by molar-refractivity contribution is 0.0917. The van der Waals surface area contributed by atoms with E-state index in [1.807, 2.05) is 0 Å². The Balaban J connectivity index is 2.80. The van der Waals surface area contributed by atoms with Crippen LogP contribution < -0.4 is 15.6 Å². The molecule has 0 aliphatic carbocycles. The van der Waals surface area contributed by atoms with Gasteiger partial charge in [-0.2, -0.15) is 0 Å². The highest BCUT2D eigenvalue weighted by Crippen LogP contribution is 2.22. The van der Waals surface area contributed by atoms with Gasteiger partial charge in [0.1, 0.15) is 5.75 Å². The molecule has 2 amide bonds. The molecule has 0 heterocycles. The molecule has 0 fully saturated rings. The van der Waals surface area contributed by atoms with E-state index in [4.69, 9.17) is 4.74 Å². The molecule has 0 atom stereocenters. The molecule has 1 aromatic rings. The number of carbonyl (C=O) groups is 2. The van der Waals surface area contributed by atoms with Crippen LogP contribution in [0, 0.1) is 0 Å². The SMILES string of the molecule is COC(=O)NNC(=O)c1cc(Br)ccc1OC. The van der Waals surface area contributed by atoms with Crippen LogP contribution >= 0.6 is 15.9 Å². The van der Waals surface area contributed by atoms with Gasteiger partial charge in [0, 0.05) is 4.47 Å². The summed E-state index contributed by atoms with van der Waals surface area (Å²) < 4.78 is 10.1. The van der Waals surface area contributed by atoms with Crippen molar-refractivity contribution in [3.8, 4) is 5.75 Å². The first-order valence-corrected chi connectivity index (χ1v) is 5.35. The van der Waals surface area contributed by atoms with Crippen LogP contribution in [0.1, 0.15) is 10.4 Å². The molecular formula is C10H11BrN2O4. The molecular weight excluding hydrogens is 292 g/mol. The zero-order valence-electron chi connectivity index (χ0n) is 9.24. The lowest BCUT2D eigenvalue weighted by Gasteiger charge is -2.09. The van der Waals surface area contributed by atoms with Gasteiger partial charge in [0.25, 0.3) is 5.91 Å². The second kappa shape index (κ2) is 6.09. The molecule has 0 aliphatic heterocycles. The van der Waals surface area contributed by atoms with Gasteiger partial charge in [0.2, 0.25) is 0 Å². The number of hydrazine groups is 1. The van der Waals surface area contributed by atoms with Gasteiger partial charge < -0.3 is 9.47 Å². The Morgan fingerprint density at radius 1 is 1.24 bits per heavy atom. The van der Waals surface area contributed by atoms with Gasteiger partial charge in [0.15, 0.2) is 0 Å². The summed E-state index contributed by atoms with van der Waals surface area (Å²) in [6, 6.07) is 4.95. The number of amides is 2. The van der Waals surface area contributed by atoms with Crippen LogP contribution in [0.3, 0.4) is 0 Å². The second-order valence-corrected chi connectivity index (χ2v) is 3.83. The van der Waals surface area contributed by atoms with Crippen LogP contribution in [0.15, 0.2) is 22.7 Å². The first kappa shape index (κ1) is 13.3. The maximum absolute atomic E-state index is 11.7. The van der Waals surface area contributed by atoms with Gasteiger partial charge in [0.05, 0.1) is 19.8 Å². The maximum Gasteiger partial charge on any atom is 0.425 e. The molecule has 0 radical (unpaired) electrons. The summed E-state index contributed by atoms with van der Waals surface area (Å²) >= 11 is 3.24. The zero-order valence-corrected chi connectivity index (χ0v) is 10.8. The number of nitrogens with one attached hydrogen (secondary N) is 2. The lowest BCUT2D eigenvalue weighted by atomic mass is 10.2. The summed E-state index contributed by atoms with van der Waals surface area (Å²) in [5, 5.41) is 0. The van der Waals surface area contributed by atoms with Gasteiger partial charge in [-0.05, 0) is 18.2 Å². The Labute approximate surface area is 106 Å². The fraction of sp³-hybridized carbons (Fsp3) is 0.200. The molecule has 0 unspecified atom stereocenters. The number of hydrogen-bond donors (Lipinski definition) is 2. The van der Waals surface area contributed by atoms with Crippen molar-refractivity contribution in [2.75, 3.05) is 14.2 Å². The Bertz CT molecular complexity index is 436. The molecule has 92 valence electrons. The molecule has 0 bridgehead atoms. The van der Waals surface area contributed by atoms with E-state index in [2.05, 4.69) is 31.5 Å². The van der Waals surface area contributed by atoms with E-state index in [1.165, 1.54) is 14.2 Å². The third-order valence-corrected chi connectivity index (χ3v) is 2.36. The third kappa shape index (κ3) is 3.63. The van der Waals surface area contributed by atoms with E-state index >= 15 is 0 Å². The summed E-state index contributed by atoms with van der Waals surface area (Å²) in [5.74, 6) is -0.106. The van der Waals surface area contributed by atoms with E-state index in [1.54, 1.807) is 18.2 Å². The van der Waals surface area contributed by atoms with E-state index in [0.717, 1.165) is 4.47 Å². The monoisotopic (exact) mass is 302 g/mol. The average molecular weight is 303 g/mol. The normalized spacial score (nSPS) is 9.35. The Kier molecular flexibility index (Phi) is 4.77. The molecule has 0 aromatic heterocycles. The summed E-state index contributed by atoms with van der Waals surface area (Å²) in [5.41, 5.74) is 4.55. The molecule has 0 aliphatic rings. The minimum Gasteiger partial charge on any atom is -0.496 e. The number of ether oxygens (including phenoxy) is 2. The van der Waals surface area contributed by atoms with E-state index in [-0.39, 0.29) is 0 Å². The number of carbonyl (C=O) groups excluding carboxylic acids is 2. The molecule has 17 heavy (non-hydrogen) atoms. The minimum absolute atomic E-state index is 0.290. The van der Waals surface area contributed by atoms with Crippen molar-refractivity contribution in [2.24, 2.45) is 0 Å². The highest BCUT2D eigenvalue weighted by Gasteiger charge is 2.13. The number of hydrogen-bond acceptors (Lipinski definition) is 4. The van der Waals surface area contributed by atoms with Crippen molar-refractivity contribution in [1.82, 2.24) is 10.9 Å². The van der Waals surface area contributed by atoms with Crippen LogP contribution in [0.25, 0.3) is 0 Å². The van der Waals surface area contributed by atoms with Crippen molar-refractivity contribution in [2.45, 2.75) is 0 Å². The number of halogens is 1. The molecule has 0 saturated carbocycles. The van der Waals surface area contributed by atoms with E-state index < -0.39 is 12.0 Å². The van der Waals surface area contributed by atoms with Gasteiger partial charge in [-0.3, -0.25) is 10.2 Å². The molecule has 7 heteroatoms. The third-order valence-electron chi connectivity index (χ3n) is 1.87. The quantitative estimate of drug-likeness (QED) is 0.811. The maximum atomic E-state index is 11.7. The zero-order chi connectivity index (χ0) is 12.8. The number of benzene rings is 1. The molecule has 1 rings (SSSR count). The van der Waals surface area contributed by atoms with Crippen molar-refractivity contribution in [1.29, 1.82) is 0 Å². The standard InChI is InChI=1S/C10H11BrN2O4/c1-16-8-4-3-6(11)5-7(8)9(14)12-13-10(15)17-2/h3-5H,1-2H3,(H,12,14)(H,13,15). The van der Waals surface area contributed by atoms with Gasteiger partial charge in [-0.25, -0.2) is 10.2 Å². The van der Waals surface area contributed by atoms with Gasteiger partial charge in [-0.1, -0.05) is 15.9 Å². The predicted molar refractivity (Wildman–Crippen MR) is 63.7 cm³/mol.